The molecule has 0 bridgehead atoms. The number of piperidine rings is 1. The number of amides is 2. The van der Waals surface area contributed by atoms with Gasteiger partial charge in [0.2, 0.25) is 11.8 Å². The number of nitriles is 1. The molecule has 0 spiro atoms. The molecular formula is C25H29N5O3. The second-order valence-electron chi connectivity index (χ2n) is 9.50. The van der Waals surface area contributed by atoms with Gasteiger partial charge in [-0.15, -0.1) is 0 Å². The summed E-state index contributed by atoms with van der Waals surface area (Å²) in [6.45, 7) is 5.10. The molecule has 2 aromatic rings. The van der Waals surface area contributed by atoms with E-state index in [1.54, 1.807) is 0 Å². The first-order valence-electron chi connectivity index (χ1n) is 11.2. The topological polar surface area (TPSA) is 120 Å². The number of H-pyrrole nitrogens is 1. The third kappa shape index (κ3) is 5.68. The highest BCUT2D eigenvalue weighted by atomic mass is 16.5. The molecule has 1 aromatic heterocycles. The number of carbonyl (C=O) groups is 2. The fourth-order valence-corrected chi connectivity index (χ4v) is 4.34. The highest BCUT2D eigenvalue weighted by Crippen LogP contribution is 2.41. The van der Waals surface area contributed by atoms with E-state index in [0.717, 1.165) is 36.1 Å². The first-order valence-corrected chi connectivity index (χ1v) is 11.2. The first-order chi connectivity index (χ1) is 15.8. The van der Waals surface area contributed by atoms with Crippen LogP contribution in [0, 0.1) is 16.7 Å². The minimum absolute atomic E-state index is 0.107. The Hall–Kier alpha value is -3.44. The number of ether oxygens (including phenoxy) is 1. The average molecular weight is 448 g/mol. The van der Waals surface area contributed by atoms with Gasteiger partial charge in [0.1, 0.15) is 30.9 Å². The predicted octanol–water partition coefficient (Wildman–Crippen LogP) is 3.98. The smallest absolute Gasteiger partial charge is 0.227 e. The molecule has 2 amide bonds. The van der Waals surface area contributed by atoms with Crippen LogP contribution in [-0.4, -0.2) is 28.5 Å². The van der Waals surface area contributed by atoms with Gasteiger partial charge in [-0.1, -0.05) is 26.0 Å². The summed E-state index contributed by atoms with van der Waals surface area (Å²) in [4.78, 5) is 30.8. The van der Waals surface area contributed by atoms with E-state index in [1.165, 1.54) is 11.8 Å². The van der Waals surface area contributed by atoms with Gasteiger partial charge >= 0.3 is 0 Å². The Bertz CT molecular complexity index is 1110. The van der Waals surface area contributed by atoms with E-state index in [0.29, 0.717) is 24.4 Å². The summed E-state index contributed by atoms with van der Waals surface area (Å²) in [5, 5.41) is 14.6. The number of imidazole rings is 1. The Kier molecular flexibility index (Phi) is 6.61. The van der Waals surface area contributed by atoms with Gasteiger partial charge in [0.15, 0.2) is 0 Å². The largest absolute Gasteiger partial charge is 0.362 e. The zero-order valence-electron chi connectivity index (χ0n) is 19.0. The van der Waals surface area contributed by atoms with Crippen LogP contribution in [0.3, 0.4) is 0 Å². The summed E-state index contributed by atoms with van der Waals surface area (Å²) < 4.78 is 5.70. The molecule has 8 heteroatoms. The van der Waals surface area contributed by atoms with Gasteiger partial charge in [-0.2, -0.15) is 5.26 Å². The minimum atomic E-state index is -0.218. The third-order valence-corrected chi connectivity index (χ3v) is 6.33. The fourth-order valence-electron chi connectivity index (χ4n) is 4.34. The van der Waals surface area contributed by atoms with Gasteiger partial charge in [-0.25, -0.2) is 4.98 Å². The van der Waals surface area contributed by atoms with E-state index >= 15 is 0 Å². The molecule has 1 saturated heterocycles. The highest BCUT2D eigenvalue weighted by molar-refractivity contribution is 5.98. The predicted molar refractivity (Wildman–Crippen MR) is 124 cm³/mol. The van der Waals surface area contributed by atoms with Crippen molar-refractivity contribution in [2.45, 2.75) is 58.5 Å². The van der Waals surface area contributed by atoms with Crippen LogP contribution in [0.15, 0.2) is 30.5 Å². The molecule has 0 atom stereocenters. The molecule has 1 fully saturated rings. The maximum atomic E-state index is 11.9. The van der Waals surface area contributed by atoms with Crippen molar-refractivity contribution in [1.82, 2.24) is 15.3 Å². The second kappa shape index (κ2) is 9.59. The lowest BCUT2D eigenvalue weighted by molar-refractivity contribution is -0.133. The molecule has 4 rings (SSSR count). The lowest BCUT2D eigenvalue weighted by atomic mass is 9.76. The maximum absolute atomic E-state index is 11.9. The molecule has 1 aromatic carbocycles. The Morgan fingerprint density at radius 3 is 2.73 bits per heavy atom. The average Bonchev–Trinajstić information content (AvgIpc) is 3.24. The number of rotatable bonds is 7. The van der Waals surface area contributed by atoms with Crippen LogP contribution in [0.2, 0.25) is 0 Å². The number of allylic oxidation sites excluding steroid dienone is 2. The van der Waals surface area contributed by atoms with Crippen LogP contribution in [0.25, 0.3) is 5.57 Å². The molecule has 2 aliphatic rings. The van der Waals surface area contributed by atoms with Crippen LogP contribution < -0.4 is 10.6 Å². The lowest BCUT2D eigenvalue weighted by Gasteiger charge is -2.30. The van der Waals surface area contributed by atoms with Crippen LogP contribution >= 0.6 is 0 Å². The van der Waals surface area contributed by atoms with E-state index in [9.17, 15) is 9.59 Å². The number of nitrogens with one attached hydrogen (secondary N) is 3. The number of imide groups is 1. The number of hydrogen-bond acceptors (Lipinski definition) is 6. The van der Waals surface area contributed by atoms with Gasteiger partial charge in [0.05, 0.1) is 6.20 Å². The van der Waals surface area contributed by atoms with Crippen molar-refractivity contribution in [3.63, 3.8) is 0 Å². The van der Waals surface area contributed by atoms with Gasteiger partial charge in [0.25, 0.3) is 0 Å². The SMILES string of the molecule is CC1(C)CC=C(c2cc(C3CC(=O)NC(=O)C3)ccc2NCOCc2ncc(C#N)[nH]2)CC1. The second-order valence-corrected chi connectivity index (χ2v) is 9.50. The van der Waals surface area contributed by atoms with Crippen LogP contribution in [0.5, 0.6) is 0 Å². The summed E-state index contributed by atoms with van der Waals surface area (Å²) in [5.41, 5.74) is 5.02. The first kappa shape index (κ1) is 22.7. The van der Waals surface area contributed by atoms with Crippen molar-refractivity contribution in [3.8, 4) is 6.07 Å². The third-order valence-electron chi connectivity index (χ3n) is 6.33. The highest BCUT2D eigenvalue weighted by Gasteiger charge is 2.28. The molecule has 1 aliphatic heterocycles. The number of aromatic nitrogens is 2. The van der Waals surface area contributed by atoms with E-state index in [2.05, 4.69) is 46.6 Å². The monoisotopic (exact) mass is 447 g/mol. The summed E-state index contributed by atoms with van der Waals surface area (Å²) in [6, 6.07) is 8.12. The van der Waals surface area contributed by atoms with E-state index in [1.807, 2.05) is 18.2 Å². The van der Waals surface area contributed by atoms with Gasteiger partial charge in [-0.3, -0.25) is 14.9 Å². The zero-order chi connectivity index (χ0) is 23.4. The number of nitrogens with zero attached hydrogens (tertiary/aromatic N) is 2. The number of aromatic amines is 1. The summed E-state index contributed by atoms with van der Waals surface area (Å²) in [7, 11) is 0. The van der Waals surface area contributed by atoms with Gasteiger partial charge in [-0.05, 0) is 47.9 Å². The van der Waals surface area contributed by atoms with Crippen molar-refractivity contribution in [1.29, 1.82) is 5.26 Å². The van der Waals surface area contributed by atoms with Crippen LogP contribution in [-0.2, 0) is 20.9 Å². The Morgan fingerprint density at radius 2 is 2.06 bits per heavy atom. The molecule has 2 heterocycles. The summed E-state index contributed by atoms with van der Waals surface area (Å²) in [5.74, 6) is 0.0552. The van der Waals surface area contributed by atoms with Gasteiger partial charge in [0, 0.05) is 30.0 Å². The molecular weight excluding hydrogens is 418 g/mol. The van der Waals surface area contributed by atoms with Crippen molar-refractivity contribution in [3.05, 3.63) is 53.1 Å². The number of anilines is 1. The molecule has 3 N–H and O–H groups in total. The molecule has 0 saturated carbocycles. The zero-order valence-corrected chi connectivity index (χ0v) is 19.0. The fraction of sp³-hybridized carbons (Fsp3) is 0.440. The van der Waals surface area contributed by atoms with Crippen molar-refractivity contribution in [2.75, 3.05) is 12.0 Å². The molecule has 33 heavy (non-hydrogen) atoms. The van der Waals surface area contributed by atoms with Crippen LogP contribution in [0.1, 0.15) is 74.5 Å². The standard InChI is InChI=1S/C25H29N5O3/c1-25(2)7-5-16(6-8-25)20-9-17(18-10-23(31)30-24(32)11-18)3-4-21(20)28-15-33-14-22-27-13-19(12-26)29-22/h3-5,9,13,18,28H,6-8,10-11,14-15H2,1-2H3,(H,27,29)(H,30,31,32). The van der Waals surface area contributed by atoms with Crippen molar-refractivity contribution in [2.24, 2.45) is 5.41 Å². The Labute approximate surface area is 193 Å². The Balaban J connectivity index is 1.51. The molecule has 8 nitrogen and oxygen atoms in total. The van der Waals surface area contributed by atoms with E-state index in [-0.39, 0.29) is 36.5 Å². The number of carbonyl (C=O) groups excluding carboxylic acids is 2. The maximum Gasteiger partial charge on any atom is 0.227 e. The Morgan fingerprint density at radius 1 is 1.27 bits per heavy atom. The quantitative estimate of drug-likeness (QED) is 0.335. The summed E-state index contributed by atoms with van der Waals surface area (Å²) >= 11 is 0. The van der Waals surface area contributed by atoms with Crippen molar-refractivity contribution >= 4 is 23.1 Å². The lowest BCUT2D eigenvalue weighted by Crippen LogP contribution is -2.37. The van der Waals surface area contributed by atoms with E-state index < -0.39 is 0 Å². The molecule has 1 aliphatic carbocycles. The van der Waals surface area contributed by atoms with Crippen molar-refractivity contribution < 1.29 is 14.3 Å². The number of benzene rings is 1. The van der Waals surface area contributed by atoms with Crippen LogP contribution in [0.4, 0.5) is 5.69 Å². The molecule has 0 unspecified atom stereocenters. The molecule has 0 radical (unpaired) electrons. The van der Waals surface area contributed by atoms with E-state index in [4.69, 9.17) is 10.00 Å². The molecule has 172 valence electrons. The summed E-state index contributed by atoms with van der Waals surface area (Å²) in [6.07, 6.45) is 7.51. The number of hydrogen-bond donors (Lipinski definition) is 3. The van der Waals surface area contributed by atoms with Gasteiger partial charge < -0.3 is 15.0 Å². The normalized spacial score (nSPS) is 18.4. The minimum Gasteiger partial charge on any atom is -0.362 e.